The molecular formula is C23H29N3O3. The van der Waals surface area contributed by atoms with Crippen LogP contribution in [0.15, 0.2) is 54.6 Å². The summed E-state index contributed by atoms with van der Waals surface area (Å²) in [6.45, 7) is 6.20. The number of ether oxygens (including phenoxy) is 1. The van der Waals surface area contributed by atoms with Crippen molar-refractivity contribution in [1.29, 1.82) is 0 Å². The number of hydrogen-bond acceptors (Lipinski definition) is 4. The zero-order chi connectivity index (χ0) is 20.5. The van der Waals surface area contributed by atoms with Gasteiger partial charge in [-0.05, 0) is 30.2 Å². The lowest BCUT2D eigenvalue weighted by molar-refractivity contribution is -0.122. The summed E-state index contributed by atoms with van der Waals surface area (Å²) in [7, 11) is 0. The molecule has 0 aliphatic carbocycles. The summed E-state index contributed by atoms with van der Waals surface area (Å²) >= 11 is 0. The Labute approximate surface area is 172 Å². The van der Waals surface area contributed by atoms with E-state index in [0.29, 0.717) is 51.4 Å². The van der Waals surface area contributed by atoms with E-state index in [1.807, 2.05) is 53.4 Å². The van der Waals surface area contributed by atoms with Crippen LogP contribution in [0, 0.1) is 0 Å². The molecule has 2 amide bonds. The molecule has 1 fully saturated rings. The van der Waals surface area contributed by atoms with Crippen molar-refractivity contribution in [3.8, 4) is 5.75 Å². The number of amides is 2. The average molecular weight is 396 g/mol. The van der Waals surface area contributed by atoms with Gasteiger partial charge in [0.25, 0.3) is 5.91 Å². The molecule has 0 atom stereocenters. The second kappa shape index (κ2) is 10.6. The van der Waals surface area contributed by atoms with Crippen LogP contribution in [0.5, 0.6) is 5.75 Å². The minimum Gasteiger partial charge on any atom is -0.494 e. The molecule has 0 bridgehead atoms. The fourth-order valence-electron chi connectivity index (χ4n) is 3.29. The SMILES string of the molecule is CCCOc1cccc(C(=O)N2CCN(CC(=O)NCc3ccccc3)CC2)c1. The Morgan fingerprint density at radius 3 is 2.48 bits per heavy atom. The van der Waals surface area contributed by atoms with E-state index in [1.165, 1.54) is 0 Å². The maximum Gasteiger partial charge on any atom is 0.254 e. The Morgan fingerprint density at radius 1 is 1.00 bits per heavy atom. The van der Waals surface area contributed by atoms with Crippen LogP contribution in [-0.2, 0) is 11.3 Å². The molecule has 1 aliphatic heterocycles. The third-order valence-corrected chi connectivity index (χ3v) is 4.91. The van der Waals surface area contributed by atoms with Gasteiger partial charge in [-0.1, -0.05) is 43.3 Å². The standard InChI is InChI=1S/C23H29N3O3/c1-2-15-29-21-10-6-9-20(16-21)23(28)26-13-11-25(12-14-26)18-22(27)24-17-19-7-4-3-5-8-19/h3-10,16H,2,11-15,17-18H2,1H3,(H,24,27). The van der Waals surface area contributed by atoms with Gasteiger partial charge in [-0.2, -0.15) is 0 Å². The van der Waals surface area contributed by atoms with Gasteiger partial charge in [-0.3, -0.25) is 14.5 Å². The van der Waals surface area contributed by atoms with Crippen molar-refractivity contribution in [2.45, 2.75) is 19.9 Å². The maximum absolute atomic E-state index is 12.8. The van der Waals surface area contributed by atoms with E-state index in [1.54, 1.807) is 6.07 Å². The average Bonchev–Trinajstić information content (AvgIpc) is 2.77. The molecule has 1 heterocycles. The molecule has 6 nitrogen and oxygen atoms in total. The number of rotatable bonds is 8. The van der Waals surface area contributed by atoms with Crippen molar-refractivity contribution < 1.29 is 14.3 Å². The van der Waals surface area contributed by atoms with Gasteiger partial charge in [-0.15, -0.1) is 0 Å². The third kappa shape index (κ3) is 6.32. The Hall–Kier alpha value is -2.86. The fourth-order valence-corrected chi connectivity index (χ4v) is 3.29. The van der Waals surface area contributed by atoms with Crippen molar-refractivity contribution in [1.82, 2.24) is 15.1 Å². The molecule has 2 aromatic rings. The van der Waals surface area contributed by atoms with Crippen LogP contribution in [0.1, 0.15) is 29.3 Å². The highest BCUT2D eigenvalue weighted by Crippen LogP contribution is 2.16. The van der Waals surface area contributed by atoms with E-state index >= 15 is 0 Å². The molecule has 0 saturated carbocycles. The summed E-state index contributed by atoms with van der Waals surface area (Å²) in [5.41, 5.74) is 1.73. The zero-order valence-corrected chi connectivity index (χ0v) is 17.0. The first-order valence-electron chi connectivity index (χ1n) is 10.2. The van der Waals surface area contributed by atoms with E-state index in [9.17, 15) is 9.59 Å². The van der Waals surface area contributed by atoms with E-state index in [0.717, 1.165) is 17.7 Å². The summed E-state index contributed by atoms with van der Waals surface area (Å²) in [6, 6.07) is 17.2. The predicted octanol–water partition coefficient (Wildman–Crippen LogP) is 2.55. The molecule has 0 aromatic heterocycles. The normalized spacial score (nSPS) is 14.4. The highest BCUT2D eigenvalue weighted by atomic mass is 16.5. The highest BCUT2D eigenvalue weighted by molar-refractivity contribution is 5.94. The Morgan fingerprint density at radius 2 is 1.76 bits per heavy atom. The van der Waals surface area contributed by atoms with Gasteiger partial charge in [0.05, 0.1) is 13.2 Å². The fraction of sp³-hybridized carbons (Fsp3) is 0.391. The topological polar surface area (TPSA) is 61.9 Å². The minimum absolute atomic E-state index is 0.00871. The maximum atomic E-state index is 12.8. The predicted molar refractivity (Wildman–Crippen MR) is 113 cm³/mol. The summed E-state index contributed by atoms with van der Waals surface area (Å²) in [6.07, 6.45) is 0.930. The van der Waals surface area contributed by atoms with Crippen molar-refractivity contribution >= 4 is 11.8 Å². The van der Waals surface area contributed by atoms with Gasteiger partial charge in [0.15, 0.2) is 0 Å². The summed E-state index contributed by atoms with van der Waals surface area (Å²) in [4.78, 5) is 28.9. The zero-order valence-electron chi connectivity index (χ0n) is 17.0. The summed E-state index contributed by atoms with van der Waals surface area (Å²) < 4.78 is 5.63. The molecule has 1 aliphatic rings. The molecule has 0 radical (unpaired) electrons. The molecular weight excluding hydrogens is 366 g/mol. The van der Waals surface area contributed by atoms with E-state index < -0.39 is 0 Å². The van der Waals surface area contributed by atoms with Crippen LogP contribution < -0.4 is 10.1 Å². The Kier molecular flexibility index (Phi) is 7.64. The van der Waals surface area contributed by atoms with Gasteiger partial charge in [-0.25, -0.2) is 0 Å². The van der Waals surface area contributed by atoms with Crippen LogP contribution in [0.2, 0.25) is 0 Å². The molecule has 3 rings (SSSR count). The lowest BCUT2D eigenvalue weighted by Gasteiger charge is -2.34. The molecule has 29 heavy (non-hydrogen) atoms. The quantitative estimate of drug-likeness (QED) is 0.746. The van der Waals surface area contributed by atoms with Gasteiger partial charge in [0.1, 0.15) is 5.75 Å². The van der Waals surface area contributed by atoms with Crippen LogP contribution in [0.4, 0.5) is 0 Å². The lowest BCUT2D eigenvalue weighted by atomic mass is 10.1. The number of benzene rings is 2. The van der Waals surface area contributed by atoms with Crippen molar-refractivity contribution in [2.75, 3.05) is 39.3 Å². The second-order valence-electron chi connectivity index (χ2n) is 7.21. The Bertz CT molecular complexity index is 802. The molecule has 1 saturated heterocycles. The summed E-state index contributed by atoms with van der Waals surface area (Å²) in [5.74, 6) is 0.751. The Balaban J connectivity index is 1.44. The lowest BCUT2D eigenvalue weighted by Crippen LogP contribution is -2.51. The van der Waals surface area contributed by atoms with Gasteiger partial charge >= 0.3 is 0 Å². The van der Waals surface area contributed by atoms with E-state index in [2.05, 4.69) is 17.1 Å². The highest BCUT2D eigenvalue weighted by Gasteiger charge is 2.23. The minimum atomic E-state index is 0.00871. The van der Waals surface area contributed by atoms with E-state index in [4.69, 9.17) is 4.74 Å². The third-order valence-electron chi connectivity index (χ3n) is 4.91. The molecule has 154 valence electrons. The molecule has 2 aromatic carbocycles. The number of carbonyl (C=O) groups excluding carboxylic acids is 2. The first kappa shape index (κ1) is 20.9. The van der Waals surface area contributed by atoms with Gasteiger partial charge in [0, 0.05) is 38.3 Å². The number of nitrogens with zero attached hydrogens (tertiary/aromatic N) is 2. The number of carbonyl (C=O) groups is 2. The number of piperazine rings is 1. The number of nitrogens with one attached hydrogen (secondary N) is 1. The first-order chi connectivity index (χ1) is 14.2. The molecule has 0 spiro atoms. The van der Waals surface area contributed by atoms with E-state index in [-0.39, 0.29) is 11.8 Å². The monoisotopic (exact) mass is 395 g/mol. The van der Waals surface area contributed by atoms with Gasteiger partial charge in [0.2, 0.25) is 5.91 Å². The molecule has 1 N–H and O–H groups in total. The van der Waals surface area contributed by atoms with Crippen molar-refractivity contribution in [3.63, 3.8) is 0 Å². The van der Waals surface area contributed by atoms with Crippen LogP contribution in [-0.4, -0.2) is 60.9 Å². The van der Waals surface area contributed by atoms with Crippen molar-refractivity contribution in [3.05, 3.63) is 65.7 Å². The largest absolute Gasteiger partial charge is 0.494 e. The van der Waals surface area contributed by atoms with Crippen LogP contribution >= 0.6 is 0 Å². The molecule has 6 heteroatoms. The van der Waals surface area contributed by atoms with Gasteiger partial charge < -0.3 is 15.0 Å². The number of hydrogen-bond donors (Lipinski definition) is 1. The first-order valence-corrected chi connectivity index (χ1v) is 10.2. The molecule has 0 unspecified atom stereocenters. The second-order valence-corrected chi connectivity index (χ2v) is 7.21. The van der Waals surface area contributed by atoms with Crippen molar-refractivity contribution in [2.24, 2.45) is 0 Å². The van der Waals surface area contributed by atoms with Crippen LogP contribution in [0.25, 0.3) is 0 Å². The van der Waals surface area contributed by atoms with Crippen LogP contribution in [0.3, 0.4) is 0 Å². The smallest absolute Gasteiger partial charge is 0.254 e. The summed E-state index contributed by atoms with van der Waals surface area (Å²) in [5, 5.41) is 2.95.